The largest absolute Gasteiger partial charge is 0.481 e. The molecule has 0 bridgehead atoms. The van der Waals surface area contributed by atoms with Crippen LogP contribution < -0.4 is 5.32 Å². The van der Waals surface area contributed by atoms with Gasteiger partial charge in [-0.3, -0.25) is 4.79 Å². The van der Waals surface area contributed by atoms with E-state index in [1.54, 1.807) is 12.1 Å². The van der Waals surface area contributed by atoms with Gasteiger partial charge in [-0.1, -0.05) is 12.1 Å². The van der Waals surface area contributed by atoms with E-state index < -0.39 is 11.9 Å². The van der Waals surface area contributed by atoms with Crippen LogP contribution in [-0.4, -0.2) is 35.1 Å². The minimum absolute atomic E-state index is 0.233. The van der Waals surface area contributed by atoms with Crippen LogP contribution in [0.15, 0.2) is 24.3 Å². The number of likely N-dealkylation sites (tertiary alicyclic amines) is 1. The second-order valence-corrected chi connectivity index (χ2v) is 5.35. The van der Waals surface area contributed by atoms with Crippen molar-refractivity contribution < 1.29 is 19.1 Å². The molecular formula is C15H19FN2O3. The summed E-state index contributed by atoms with van der Waals surface area (Å²) in [6.45, 7) is 2.60. The second-order valence-electron chi connectivity index (χ2n) is 5.35. The van der Waals surface area contributed by atoms with Crippen molar-refractivity contribution in [1.82, 2.24) is 10.2 Å². The Hall–Kier alpha value is -2.11. The quantitative estimate of drug-likeness (QED) is 0.899. The predicted molar refractivity (Wildman–Crippen MR) is 75.3 cm³/mol. The summed E-state index contributed by atoms with van der Waals surface area (Å²) in [5, 5.41) is 11.8. The number of nitrogens with zero attached hydrogens (tertiary/aromatic N) is 1. The monoisotopic (exact) mass is 294 g/mol. The predicted octanol–water partition coefficient (Wildman–Crippen LogP) is 2.39. The topological polar surface area (TPSA) is 69.6 Å². The zero-order valence-electron chi connectivity index (χ0n) is 11.9. The number of benzene rings is 1. The molecule has 1 aliphatic rings. The van der Waals surface area contributed by atoms with Crippen LogP contribution in [0.3, 0.4) is 0 Å². The van der Waals surface area contributed by atoms with E-state index in [-0.39, 0.29) is 24.4 Å². The molecule has 0 aromatic heterocycles. The van der Waals surface area contributed by atoms with Gasteiger partial charge in [-0.25, -0.2) is 9.18 Å². The highest BCUT2D eigenvalue weighted by atomic mass is 19.1. The number of urea groups is 1. The Morgan fingerprint density at radius 3 is 2.67 bits per heavy atom. The molecule has 114 valence electrons. The van der Waals surface area contributed by atoms with Crippen LogP contribution >= 0.6 is 0 Å². The highest BCUT2D eigenvalue weighted by Crippen LogP contribution is 2.18. The Morgan fingerprint density at radius 1 is 1.38 bits per heavy atom. The third-order valence-corrected chi connectivity index (χ3v) is 3.77. The molecule has 2 N–H and O–H groups in total. The number of carboxylic acid groups (broad SMARTS) is 1. The molecule has 0 saturated carbocycles. The number of aliphatic carboxylic acids is 1. The molecule has 6 heteroatoms. The highest BCUT2D eigenvalue weighted by molar-refractivity contribution is 5.76. The molecule has 1 heterocycles. The van der Waals surface area contributed by atoms with E-state index in [4.69, 9.17) is 5.11 Å². The molecule has 21 heavy (non-hydrogen) atoms. The molecule has 1 saturated heterocycles. The maximum absolute atomic E-state index is 12.9. The summed E-state index contributed by atoms with van der Waals surface area (Å²) in [5.41, 5.74) is 0.802. The minimum Gasteiger partial charge on any atom is -0.481 e. The van der Waals surface area contributed by atoms with Gasteiger partial charge in [0.15, 0.2) is 0 Å². The Bertz CT molecular complexity index is 518. The first-order valence-electron chi connectivity index (χ1n) is 7.01. The first-order chi connectivity index (χ1) is 9.97. The molecule has 2 amide bonds. The summed E-state index contributed by atoms with van der Waals surface area (Å²) in [4.78, 5) is 24.7. The third-order valence-electron chi connectivity index (χ3n) is 3.77. The number of nitrogens with one attached hydrogen (secondary N) is 1. The molecule has 0 aliphatic carbocycles. The number of halogens is 1. The van der Waals surface area contributed by atoms with Crippen LogP contribution in [-0.2, 0) is 4.79 Å². The van der Waals surface area contributed by atoms with Crippen LogP contribution in [0.5, 0.6) is 0 Å². The van der Waals surface area contributed by atoms with Crippen molar-refractivity contribution in [2.75, 3.05) is 13.1 Å². The van der Waals surface area contributed by atoms with Gasteiger partial charge in [0.05, 0.1) is 12.0 Å². The summed E-state index contributed by atoms with van der Waals surface area (Å²) < 4.78 is 12.9. The second kappa shape index (κ2) is 6.56. The average Bonchev–Trinajstić information content (AvgIpc) is 2.48. The van der Waals surface area contributed by atoms with Gasteiger partial charge < -0.3 is 15.3 Å². The van der Waals surface area contributed by atoms with Crippen LogP contribution in [0.2, 0.25) is 0 Å². The SMILES string of the molecule is CC(NC(=O)N1CCC[C@H](C(=O)O)C1)c1ccc(F)cc1. The zero-order chi connectivity index (χ0) is 15.4. The Kier molecular flexibility index (Phi) is 4.77. The van der Waals surface area contributed by atoms with Gasteiger partial charge in [0.1, 0.15) is 5.82 Å². The van der Waals surface area contributed by atoms with Gasteiger partial charge in [0.2, 0.25) is 0 Å². The van der Waals surface area contributed by atoms with Crippen LogP contribution in [0.25, 0.3) is 0 Å². The number of amides is 2. The Labute approximate surface area is 122 Å². The minimum atomic E-state index is -0.862. The standard InChI is InChI=1S/C15H19FN2O3/c1-10(11-4-6-13(16)7-5-11)17-15(21)18-8-2-3-12(9-18)14(19)20/h4-7,10,12H,2-3,8-9H2,1H3,(H,17,21)(H,19,20)/t10?,12-/m0/s1. The van der Waals surface area contributed by atoms with Crippen molar-refractivity contribution >= 4 is 12.0 Å². The third kappa shape index (κ3) is 3.93. The van der Waals surface area contributed by atoms with E-state index >= 15 is 0 Å². The van der Waals surface area contributed by atoms with E-state index in [2.05, 4.69) is 5.32 Å². The molecule has 1 aromatic rings. The normalized spacial score (nSPS) is 19.9. The fourth-order valence-corrected chi connectivity index (χ4v) is 2.47. The van der Waals surface area contributed by atoms with Crippen molar-refractivity contribution in [3.05, 3.63) is 35.6 Å². The number of hydrogen-bond donors (Lipinski definition) is 2. The first-order valence-corrected chi connectivity index (χ1v) is 7.01. The van der Waals surface area contributed by atoms with Gasteiger partial charge in [0, 0.05) is 13.1 Å². The van der Waals surface area contributed by atoms with Crippen LogP contribution in [0.1, 0.15) is 31.4 Å². The molecule has 1 unspecified atom stereocenters. The van der Waals surface area contributed by atoms with Gasteiger partial charge in [-0.2, -0.15) is 0 Å². The van der Waals surface area contributed by atoms with E-state index in [9.17, 15) is 14.0 Å². The Morgan fingerprint density at radius 2 is 2.05 bits per heavy atom. The summed E-state index contributed by atoms with van der Waals surface area (Å²) in [6, 6.07) is 5.40. The molecule has 1 aromatic carbocycles. The number of carboxylic acids is 1. The van der Waals surface area contributed by atoms with Crippen molar-refractivity contribution in [3.63, 3.8) is 0 Å². The number of carbonyl (C=O) groups is 2. The zero-order valence-corrected chi connectivity index (χ0v) is 11.9. The van der Waals surface area contributed by atoms with E-state index in [0.717, 1.165) is 5.56 Å². The van der Waals surface area contributed by atoms with Crippen LogP contribution in [0, 0.1) is 11.7 Å². The average molecular weight is 294 g/mol. The number of piperidine rings is 1. The molecular weight excluding hydrogens is 275 g/mol. The molecule has 2 rings (SSSR count). The smallest absolute Gasteiger partial charge is 0.317 e. The lowest BCUT2D eigenvalue weighted by Crippen LogP contribution is -2.47. The summed E-state index contributed by atoms with van der Waals surface area (Å²) >= 11 is 0. The maximum Gasteiger partial charge on any atom is 0.317 e. The number of carbonyl (C=O) groups excluding carboxylic acids is 1. The molecule has 1 aliphatic heterocycles. The van der Waals surface area contributed by atoms with Crippen molar-refractivity contribution in [3.8, 4) is 0 Å². The fraction of sp³-hybridized carbons (Fsp3) is 0.467. The van der Waals surface area contributed by atoms with Crippen LogP contribution in [0.4, 0.5) is 9.18 Å². The fourth-order valence-electron chi connectivity index (χ4n) is 2.47. The van der Waals surface area contributed by atoms with Gasteiger partial charge in [-0.05, 0) is 37.5 Å². The first kappa shape index (κ1) is 15.3. The van der Waals surface area contributed by atoms with Gasteiger partial charge >= 0.3 is 12.0 Å². The number of hydrogen-bond acceptors (Lipinski definition) is 2. The Balaban J connectivity index is 1.94. The molecule has 2 atom stereocenters. The van der Waals surface area contributed by atoms with Crippen molar-refractivity contribution in [1.29, 1.82) is 0 Å². The summed E-state index contributed by atoms with van der Waals surface area (Å²) in [7, 11) is 0. The van der Waals surface area contributed by atoms with Crippen molar-refractivity contribution in [2.45, 2.75) is 25.8 Å². The molecule has 0 radical (unpaired) electrons. The lowest BCUT2D eigenvalue weighted by molar-refractivity contribution is -0.143. The van der Waals surface area contributed by atoms with E-state index in [1.807, 2.05) is 6.92 Å². The lowest BCUT2D eigenvalue weighted by Gasteiger charge is -2.31. The van der Waals surface area contributed by atoms with E-state index in [1.165, 1.54) is 17.0 Å². The molecule has 1 fully saturated rings. The summed E-state index contributed by atoms with van der Waals surface area (Å²) in [5.74, 6) is -1.68. The maximum atomic E-state index is 12.9. The van der Waals surface area contributed by atoms with Gasteiger partial charge in [-0.15, -0.1) is 0 Å². The molecule has 5 nitrogen and oxygen atoms in total. The highest BCUT2D eigenvalue weighted by Gasteiger charge is 2.28. The van der Waals surface area contributed by atoms with Gasteiger partial charge in [0.25, 0.3) is 0 Å². The van der Waals surface area contributed by atoms with E-state index in [0.29, 0.717) is 19.4 Å². The number of rotatable bonds is 3. The summed E-state index contributed by atoms with van der Waals surface area (Å²) in [6.07, 6.45) is 1.29. The van der Waals surface area contributed by atoms with Crippen molar-refractivity contribution in [2.24, 2.45) is 5.92 Å². The lowest BCUT2D eigenvalue weighted by atomic mass is 9.98. The molecule has 0 spiro atoms.